The molecule has 0 atom stereocenters. The van der Waals surface area contributed by atoms with Crippen LogP contribution in [-0.2, 0) is 23.0 Å². The third-order valence-corrected chi connectivity index (χ3v) is 10.2. The van der Waals surface area contributed by atoms with E-state index in [0.717, 1.165) is 42.8 Å². The number of hydrogen-bond acceptors (Lipinski definition) is 6. The number of thiophene rings is 1. The lowest BCUT2D eigenvalue weighted by Crippen LogP contribution is -2.37. The molecule has 0 unspecified atom stereocenters. The van der Waals surface area contributed by atoms with E-state index in [2.05, 4.69) is 31.0 Å². The zero-order chi connectivity index (χ0) is 26.2. The lowest BCUT2D eigenvalue weighted by Gasteiger charge is -2.30. The first-order valence-corrected chi connectivity index (χ1v) is 14.8. The van der Waals surface area contributed by atoms with Gasteiger partial charge in [-0.1, -0.05) is 6.92 Å². The van der Waals surface area contributed by atoms with Crippen LogP contribution in [-0.4, -0.2) is 74.1 Å². The van der Waals surface area contributed by atoms with Crippen molar-refractivity contribution in [2.45, 2.75) is 57.5 Å². The number of fused-ring (bicyclic) bond motifs is 1. The van der Waals surface area contributed by atoms with Gasteiger partial charge >= 0.3 is 0 Å². The lowest BCUT2D eigenvalue weighted by molar-refractivity contribution is 0.0827. The second-order valence-corrected chi connectivity index (χ2v) is 13.3. The van der Waals surface area contributed by atoms with Gasteiger partial charge in [-0.25, -0.2) is 8.42 Å². The van der Waals surface area contributed by atoms with Crippen molar-refractivity contribution in [1.29, 1.82) is 0 Å². The number of rotatable bonds is 6. The van der Waals surface area contributed by atoms with Crippen molar-refractivity contribution in [1.82, 2.24) is 14.1 Å². The van der Waals surface area contributed by atoms with Crippen LogP contribution in [0.2, 0.25) is 0 Å². The van der Waals surface area contributed by atoms with Crippen molar-refractivity contribution in [2.75, 3.05) is 39.0 Å². The summed E-state index contributed by atoms with van der Waals surface area (Å²) in [6, 6.07) is 6.46. The zero-order valence-electron chi connectivity index (χ0n) is 21.7. The predicted molar refractivity (Wildman–Crippen MR) is 143 cm³/mol. The van der Waals surface area contributed by atoms with E-state index < -0.39 is 10.0 Å². The monoisotopic (exact) mass is 532 g/mol. The molecule has 2 aliphatic heterocycles. The van der Waals surface area contributed by atoms with Crippen LogP contribution in [0.15, 0.2) is 29.2 Å². The van der Waals surface area contributed by atoms with Gasteiger partial charge in [0.25, 0.3) is 11.8 Å². The summed E-state index contributed by atoms with van der Waals surface area (Å²) in [7, 11) is -0.156. The molecule has 0 saturated carbocycles. The van der Waals surface area contributed by atoms with Crippen LogP contribution in [0.3, 0.4) is 0 Å². The summed E-state index contributed by atoms with van der Waals surface area (Å²) in [5, 5.41) is 3.49. The van der Waals surface area contributed by atoms with E-state index in [9.17, 15) is 18.0 Å². The Labute approximate surface area is 218 Å². The van der Waals surface area contributed by atoms with Crippen molar-refractivity contribution in [2.24, 2.45) is 5.92 Å². The number of anilines is 1. The average Bonchev–Trinajstić information content (AvgIpc) is 3.20. The number of sulfonamides is 1. The molecule has 0 aliphatic carbocycles. The van der Waals surface area contributed by atoms with Gasteiger partial charge in [-0.15, -0.1) is 11.3 Å². The minimum atomic E-state index is -3.58. The number of carbonyl (C=O) groups is 2. The number of hydrogen-bond donors (Lipinski definition) is 1. The van der Waals surface area contributed by atoms with Crippen molar-refractivity contribution in [3.8, 4) is 0 Å². The molecular weight excluding hydrogens is 496 g/mol. The maximum absolute atomic E-state index is 13.1. The first-order chi connectivity index (χ1) is 17.0. The first kappa shape index (κ1) is 26.8. The highest BCUT2D eigenvalue weighted by Gasteiger charge is 2.31. The van der Waals surface area contributed by atoms with E-state index in [0.29, 0.717) is 41.2 Å². The van der Waals surface area contributed by atoms with Gasteiger partial charge < -0.3 is 10.2 Å². The minimum absolute atomic E-state index is 0.127. The molecule has 10 heteroatoms. The molecule has 2 aliphatic rings. The Morgan fingerprint density at radius 2 is 1.72 bits per heavy atom. The molecule has 0 bridgehead atoms. The van der Waals surface area contributed by atoms with Crippen molar-refractivity contribution in [3.05, 3.63) is 45.8 Å². The topological polar surface area (TPSA) is 90.0 Å². The van der Waals surface area contributed by atoms with Crippen molar-refractivity contribution < 1.29 is 18.0 Å². The smallest absolute Gasteiger partial charge is 0.256 e. The van der Waals surface area contributed by atoms with Gasteiger partial charge in [0.15, 0.2) is 0 Å². The maximum atomic E-state index is 13.1. The summed E-state index contributed by atoms with van der Waals surface area (Å²) in [5.74, 6) is 0.0408. The quantitative estimate of drug-likeness (QED) is 0.610. The molecule has 1 saturated heterocycles. The number of amides is 2. The summed E-state index contributed by atoms with van der Waals surface area (Å²) >= 11 is 1.45. The fraction of sp³-hybridized carbons (Fsp3) is 0.538. The van der Waals surface area contributed by atoms with Crippen molar-refractivity contribution in [3.63, 3.8) is 0 Å². The highest BCUT2D eigenvalue weighted by molar-refractivity contribution is 7.89. The largest absolute Gasteiger partial charge is 0.345 e. The van der Waals surface area contributed by atoms with Crippen LogP contribution in [0, 0.1) is 5.92 Å². The van der Waals surface area contributed by atoms with E-state index in [1.807, 2.05) is 0 Å². The number of benzene rings is 1. The molecule has 36 heavy (non-hydrogen) atoms. The van der Waals surface area contributed by atoms with Crippen LogP contribution >= 0.6 is 11.3 Å². The number of nitrogens with zero attached hydrogens (tertiary/aromatic N) is 3. The standard InChI is InChI=1S/C26H36N4O4S2/c1-17(2)29-13-12-21-22(16-29)35-25(23(21)26(32)28(4)5)27-24(31)19-6-8-20(9-7-19)36(33,34)30-14-10-18(3)11-15-30/h6-9,17-18H,10-16H2,1-5H3,(H,27,31). The Morgan fingerprint density at radius 1 is 1.08 bits per heavy atom. The van der Waals surface area contributed by atoms with Crippen LogP contribution in [0.1, 0.15) is 64.8 Å². The third-order valence-electron chi connectivity index (χ3n) is 7.16. The fourth-order valence-electron chi connectivity index (χ4n) is 4.73. The van der Waals surface area contributed by atoms with E-state index in [1.54, 1.807) is 14.1 Å². The average molecular weight is 533 g/mol. The molecular formula is C26H36N4O4S2. The third kappa shape index (κ3) is 5.37. The summed E-state index contributed by atoms with van der Waals surface area (Å²) in [5.41, 5.74) is 1.93. The van der Waals surface area contributed by atoms with Gasteiger partial charge in [0, 0.05) is 56.8 Å². The van der Waals surface area contributed by atoms with E-state index in [1.165, 1.54) is 44.8 Å². The Balaban J connectivity index is 1.55. The van der Waals surface area contributed by atoms with Gasteiger partial charge in [0.2, 0.25) is 10.0 Å². The minimum Gasteiger partial charge on any atom is -0.345 e. The van der Waals surface area contributed by atoms with E-state index in [4.69, 9.17) is 0 Å². The number of nitrogens with one attached hydrogen (secondary N) is 1. The zero-order valence-corrected chi connectivity index (χ0v) is 23.3. The normalized spacial score (nSPS) is 17.7. The molecule has 8 nitrogen and oxygen atoms in total. The SMILES string of the molecule is CC1CCN(S(=O)(=O)c2ccc(C(=O)Nc3sc4c(c3C(=O)N(C)C)CCN(C(C)C)C4)cc2)CC1. The van der Waals surface area contributed by atoms with Crippen molar-refractivity contribution >= 4 is 38.2 Å². The fourth-order valence-corrected chi connectivity index (χ4v) is 7.46. The Bertz CT molecular complexity index is 1230. The van der Waals surface area contributed by atoms with Gasteiger partial charge in [0.1, 0.15) is 5.00 Å². The van der Waals surface area contributed by atoms with E-state index >= 15 is 0 Å². The van der Waals surface area contributed by atoms with E-state index in [-0.39, 0.29) is 16.7 Å². The second kappa shape index (κ2) is 10.6. The maximum Gasteiger partial charge on any atom is 0.256 e. The molecule has 196 valence electrons. The molecule has 4 rings (SSSR count). The molecule has 3 heterocycles. The molecule has 2 amide bonds. The van der Waals surface area contributed by atoms with Gasteiger partial charge in [-0.05, 0) is 68.9 Å². The van der Waals surface area contributed by atoms with Gasteiger partial charge in [-0.3, -0.25) is 14.5 Å². The number of carbonyl (C=O) groups excluding carboxylic acids is 2. The Hall–Kier alpha value is -2.27. The van der Waals surface area contributed by atoms with Crippen LogP contribution in [0.4, 0.5) is 5.00 Å². The Kier molecular flexibility index (Phi) is 7.89. The summed E-state index contributed by atoms with van der Waals surface area (Å²) in [4.78, 5) is 31.4. The Morgan fingerprint density at radius 3 is 2.31 bits per heavy atom. The molecule has 1 N–H and O–H groups in total. The second-order valence-electron chi connectivity index (χ2n) is 10.3. The van der Waals surface area contributed by atoms with Crippen LogP contribution in [0.5, 0.6) is 0 Å². The summed E-state index contributed by atoms with van der Waals surface area (Å²) in [6.45, 7) is 9.11. The molecule has 1 fully saturated rings. The molecule has 0 spiro atoms. The first-order valence-electron chi connectivity index (χ1n) is 12.5. The highest BCUT2D eigenvalue weighted by Crippen LogP contribution is 2.38. The molecule has 1 aromatic carbocycles. The molecule has 1 aromatic heterocycles. The van der Waals surface area contributed by atoms with Crippen LogP contribution in [0.25, 0.3) is 0 Å². The predicted octanol–water partition coefficient (Wildman–Crippen LogP) is 3.89. The highest BCUT2D eigenvalue weighted by atomic mass is 32.2. The number of piperidine rings is 1. The van der Waals surface area contributed by atoms with Gasteiger partial charge in [0.05, 0.1) is 10.5 Å². The summed E-state index contributed by atoms with van der Waals surface area (Å²) in [6.07, 6.45) is 2.47. The van der Waals surface area contributed by atoms with Crippen LogP contribution < -0.4 is 5.32 Å². The molecule has 0 radical (unpaired) electrons. The van der Waals surface area contributed by atoms with Gasteiger partial charge in [-0.2, -0.15) is 4.31 Å². The summed E-state index contributed by atoms with van der Waals surface area (Å²) < 4.78 is 27.6. The lowest BCUT2D eigenvalue weighted by atomic mass is 10.0. The molecule has 2 aromatic rings.